The van der Waals surface area contributed by atoms with E-state index in [1.54, 1.807) is 0 Å². The molecule has 0 aromatic rings. The van der Waals surface area contributed by atoms with Gasteiger partial charge in [0, 0.05) is 18.4 Å². The van der Waals surface area contributed by atoms with Crippen molar-refractivity contribution in [1.29, 1.82) is 0 Å². The number of hydrogen-bond acceptors (Lipinski definition) is 6. The number of epoxide rings is 1. The minimum Gasteiger partial charge on any atom is -0.458 e. The molecule has 0 aromatic carbocycles. The Morgan fingerprint density at radius 3 is 2.71 bits per heavy atom. The molecule has 6 nitrogen and oxygen atoms in total. The van der Waals surface area contributed by atoms with E-state index in [9.17, 15) is 14.7 Å². The van der Waals surface area contributed by atoms with Crippen LogP contribution in [-0.4, -0.2) is 47.1 Å². The minimum atomic E-state index is -0.539. The van der Waals surface area contributed by atoms with Crippen molar-refractivity contribution in [3.63, 3.8) is 0 Å². The highest BCUT2D eigenvalue weighted by molar-refractivity contribution is 5.91. The Morgan fingerprint density at radius 2 is 2.04 bits per heavy atom. The van der Waals surface area contributed by atoms with E-state index in [1.165, 1.54) is 6.92 Å². The van der Waals surface area contributed by atoms with Gasteiger partial charge in [0.2, 0.25) is 0 Å². The molecule has 3 rings (SSSR count). The maximum absolute atomic E-state index is 12.3. The Hall–Kier alpha value is -1.66. The van der Waals surface area contributed by atoms with Gasteiger partial charge in [-0.3, -0.25) is 4.79 Å². The summed E-state index contributed by atoms with van der Waals surface area (Å²) in [6.45, 7) is 13.4. The molecule has 0 bridgehead atoms. The van der Waals surface area contributed by atoms with Gasteiger partial charge in [-0.15, -0.1) is 0 Å². The molecule has 6 heteroatoms. The van der Waals surface area contributed by atoms with Crippen molar-refractivity contribution in [2.45, 2.75) is 89.3 Å². The number of hydrogen-bond donors (Lipinski definition) is 1. The van der Waals surface area contributed by atoms with Gasteiger partial charge in [0.1, 0.15) is 12.2 Å². The third kappa shape index (κ3) is 4.33. The normalized spacial score (nSPS) is 42.1. The molecule has 1 aliphatic carbocycles. The highest BCUT2D eigenvalue weighted by Gasteiger charge is 2.56. The van der Waals surface area contributed by atoms with Crippen molar-refractivity contribution in [1.82, 2.24) is 0 Å². The fraction of sp³-hybridized carbons (Fsp3) is 0.727. The summed E-state index contributed by atoms with van der Waals surface area (Å²) in [6.07, 6.45) is 2.58. The van der Waals surface area contributed by atoms with Gasteiger partial charge < -0.3 is 19.3 Å². The quantitative estimate of drug-likeness (QED) is 0.319. The van der Waals surface area contributed by atoms with Crippen molar-refractivity contribution in [2.24, 2.45) is 11.8 Å². The van der Waals surface area contributed by atoms with Crippen LogP contribution >= 0.6 is 0 Å². The van der Waals surface area contributed by atoms with Crippen LogP contribution in [0.4, 0.5) is 0 Å². The monoisotopic (exact) mass is 392 g/mol. The van der Waals surface area contributed by atoms with Crippen LogP contribution in [0.2, 0.25) is 0 Å². The van der Waals surface area contributed by atoms with Gasteiger partial charge in [-0.25, -0.2) is 4.79 Å². The second-order valence-corrected chi connectivity index (χ2v) is 8.81. The lowest BCUT2D eigenvalue weighted by Gasteiger charge is -2.31. The Balaban J connectivity index is 1.86. The van der Waals surface area contributed by atoms with E-state index in [0.717, 1.165) is 24.8 Å². The number of carbonyl (C=O) groups excluding carboxylic acids is 2. The molecule has 156 valence electrons. The Kier molecular flexibility index (Phi) is 6.01. The molecule has 3 fully saturated rings. The summed E-state index contributed by atoms with van der Waals surface area (Å²) >= 11 is 0. The first-order chi connectivity index (χ1) is 13.1. The van der Waals surface area contributed by atoms with Gasteiger partial charge in [-0.05, 0) is 56.9 Å². The highest BCUT2D eigenvalue weighted by Crippen LogP contribution is 2.48. The lowest BCUT2D eigenvalue weighted by Crippen LogP contribution is -2.40. The number of ether oxygens (including phenoxy) is 3. The topological polar surface area (TPSA) is 85.4 Å². The minimum absolute atomic E-state index is 0.00510. The molecule has 7 atom stereocenters. The summed E-state index contributed by atoms with van der Waals surface area (Å²) in [5.74, 6) is -1.06. The lowest BCUT2D eigenvalue weighted by atomic mass is 9.81. The van der Waals surface area contributed by atoms with E-state index < -0.39 is 30.3 Å². The van der Waals surface area contributed by atoms with Crippen LogP contribution in [0.3, 0.4) is 0 Å². The molecule has 0 radical (unpaired) electrons. The Morgan fingerprint density at radius 1 is 1.32 bits per heavy atom. The van der Waals surface area contributed by atoms with Crippen LogP contribution < -0.4 is 0 Å². The number of rotatable bonds is 1. The van der Waals surface area contributed by atoms with E-state index in [2.05, 4.69) is 13.2 Å². The molecule has 1 saturated carbocycles. The zero-order chi connectivity index (χ0) is 20.6. The van der Waals surface area contributed by atoms with Crippen molar-refractivity contribution >= 4 is 11.9 Å². The first-order valence-corrected chi connectivity index (χ1v) is 10.2. The summed E-state index contributed by atoms with van der Waals surface area (Å²) in [6, 6.07) is 0. The van der Waals surface area contributed by atoms with Crippen LogP contribution in [0.1, 0.15) is 59.3 Å². The lowest BCUT2D eigenvalue weighted by molar-refractivity contribution is -0.165. The van der Waals surface area contributed by atoms with E-state index in [-0.39, 0.29) is 23.5 Å². The SMILES string of the molecule is C=C1CCC[C@H](C)[C@@H](OC(C)=O)[C@@H]2OC(=O)C(=C)[C@@H]2C[C@H]2O[C@]2(C)CC[C@H]1O. The summed E-state index contributed by atoms with van der Waals surface area (Å²) < 4.78 is 17.2. The average molecular weight is 392 g/mol. The average Bonchev–Trinajstić information content (AvgIpc) is 3.19. The predicted octanol–water partition coefficient (Wildman–Crippen LogP) is 3.08. The first-order valence-electron chi connectivity index (χ1n) is 10.2. The summed E-state index contributed by atoms with van der Waals surface area (Å²) in [5, 5.41) is 10.4. The van der Waals surface area contributed by atoms with Gasteiger partial charge in [0.15, 0.2) is 0 Å². The molecule has 2 saturated heterocycles. The zero-order valence-corrected chi connectivity index (χ0v) is 17.1. The van der Waals surface area contributed by atoms with Gasteiger partial charge in [0.05, 0.1) is 17.8 Å². The van der Waals surface area contributed by atoms with Crippen molar-refractivity contribution in [3.8, 4) is 0 Å². The maximum atomic E-state index is 12.3. The smallest absolute Gasteiger partial charge is 0.334 e. The second kappa shape index (κ2) is 7.99. The number of aliphatic hydroxyl groups is 1. The number of fused-ring (bicyclic) bond motifs is 2. The second-order valence-electron chi connectivity index (χ2n) is 8.81. The van der Waals surface area contributed by atoms with Gasteiger partial charge in [0.25, 0.3) is 0 Å². The first kappa shape index (κ1) is 21.1. The third-order valence-corrected chi connectivity index (χ3v) is 6.58. The van der Waals surface area contributed by atoms with Gasteiger partial charge in [-0.1, -0.05) is 20.1 Å². The fourth-order valence-corrected chi connectivity index (χ4v) is 4.55. The van der Waals surface area contributed by atoms with Gasteiger partial charge in [-0.2, -0.15) is 0 Å². The van der Waals surface area contributed by atoms with Crippen molar-refractivity contribution < 1.29 is 28.9 Å². The standard InChI is InChI=1S/C22H32O6/c1-12-7-6-8-13(2)19(26-15(4)23)20-16(14(3)21(25)27-20)11-18-22(5,28-18)10-9-17(12)24/h13,16-20,24H,1,3,6-11H2,2,4-5H3/t13-,16-,17+,18+,19+,20+,22+/m0/s1. The van der Waals surface area contributed by atoms with Crippen LogP contribution in [0.15, 0.2) is 24.3 Å². The molecule has 0 aromatic heterocycles. The molecular formula is C22H32O6. The molecular weight excluding hydrogens is 360 g/mol. The van der Waals surface area contributed by atoms with E-state index in [1.807, 2.05) is 13.8 Å². The number of aliphatic hydroxyl groups excluding tert-OH is 1. The molecule has 28 heavy (non-hydrogen) atoms. The molecule has 2 aliphatic heterocycles. The summed E-state index contributed by atoms with van der Waals surface area (Å²) in [7, 11) is 0. The molecule has 3 aliphatic rings. The van der Waals surface area contributed by atoms with E-state index >= 15 is 0 Å². The Labute approximate surface area is 166 Å². The highest BCUT2D eigenvalue weighted by atomic mass is 16.6. The maximum Gasteiger partial charge on any atom is 0.334 e. The van der Waals surface area contributed by atoms with Crippen LogP contribution in [0.25, 0.3) is 0 Å². The van der Waals surface area contributed by atoms with Crippen LogP contribution in [0.5, 0.6) is 0 Å². The molecule has 2 heterocycles. The summed E-state index contributed by atoms with van der Waals surface area (Å²) in [4.78, 5) is 24.0. The fourth-order valence-electron chi connectivity index (χ4n) is 4.55. The predicted molar refractivity (Wildman–Crippen MR) is 103 cm³/mol. The zero-order valence-electron chi connectivity index (χ0n) is 17.1. The van der Waals surface area contributed by atoms with Crippen molar-refractivity contribution in [2.75, 3.05) is 0 Å². The molecule has 1 N–H and O–H groups in total. The largest absolute Gasteiger partial charge is 0.458 e. The van der Waals surface area contributed by atoms with E-state index in [4.69, 9.17) is 14.2 Å². The van der Waals surface area contributed by atoms with Crippen molar-refractivity contribution in [3.05, 3.63) is 24.3 Å². The van der Waals surface area contributed by atoms with Crippen LogP contribution in [0, 0.1) is 11.8 Å². The molecule has 0 spiro atoms. The third-order valence-electron chi connectivity index (χ3n) is 6.58. The number of carbonyl (C=O) groups is 2. The molecule has 0 unspecified atom stereocenters. The van der Waals surface area contributed by atoms with Gasteiger partial charge >= 0.3 is 11.9 Å². The van der Waals surface area contributed by atoms with Crippen LogP contribution in [-0.2, 0) is 23.8 Å². The molecule has 0 amide bonds. The number of esters is 2. The van der Waals surface area contributed by atoms with E-state index in [0.29, 0.717) is 24.8 Å². The Bertz CT molecular complexity index is 670. The summed E-state index contributed by atoms with van der Waals surface area (Å²) in [5.41, 5.74) is 0.921.